The summed E-state index contributed by atoms with van der Waals surface area (Å²) in [4.78, 5) is 13.5. The summed E-state index contributed by atoms with van der Waals surface area (Å²) in [5.41, 5.74) is 0.810. The Bertz CT molecular complexity index is 272. The number of carbonyl (C=O) groups is 1. The normalized spacial score (nSPS) is 9.64. The highest BCUT2D eigenvalue weighted by Crippen LogP contribution is 2.02. The molecule has 0 aliphatic heterocycles. The third-order valence-electron chi connectivity index (χ3n) is 1.88. The second-order valence-electron chi connectivity index (χ2n) is 3.34. The zero-order valence-electron chi connectivity index (χ0n) is 8.56. The molecule has 1 rings (SSSR count). The van der Waals surface area contributed by atoms with E-state index in [-0.39, 0.29) is 22.8 Å². The van der Waals surface area contributed by atoms with Gasteiger partial charge in [-0.25, -0.2) is 0 Å². The molecular formula is C11H16BrNO. The van der Waals surface area contributed by atoms with Gasteiger partial charge in [0.15, 0.2) is 5.78 Å². The summed E-state index contributed by atoms with van der Waals surface area (Å²) in [5, 5.41) is 0. The van der Waals surface area contributed by atoms with Crippen molar-refractivity contribution < 1.29 is 4.79 Å². The molecule has 0 unspecified atom stereocenters. The van der Waals surface area contributed by atoms with Crippen LogP contribution < -0.4 is 0 Å². The molecule has 0 aliphatic carbocycles. The average Bonchev–Trinajstić information content (AvgIpc) is 2.15. The molecule has 0 fully saturated rings. The van der Waals surface area contributed by atoms with Crippen LogP contribution in [0, 0.1) is 0 Å². The van der Waals surface area contributed by atoms with Gasteiger partial charge in [-0.15, -0.1) is 17.0 Å². The lowest BCUT2D eigenvalue weighted by atomic mass is 10.1. The molecule has 0 N–H and O–H groups in total. The van der Waals surface area contributed by atoms with Gasteiger partial charge in [-0.3, -0.25) is 4.79 Å². The number of hydrogen-bond donors (Lipinski definition) is 0. The van der Waals surface area contributed by atoms with Gasteiger partial charge in [0.1, 0.15) is 0 Å². The summed E-state index contributed by atoms with van der Waals surface area (Å²) >= 11 is 0. The van der Waals surface area contributed by atoms with E-state index in [1.54, 1.807) is 0 Å². The first kappa shape index (κ1) is 13.3. The van der Waals surface area contributed by atoms with Crippen molar-refractivity contribution in [2.45, 2.75) is 6.42 Å². The van der Waals surface area contributed by atoms with Crippen molar-refractivity contribution in [2.24, 2.45) is 0 Å². The second kappa shape index (κ2) is 6.74. The highest BCUT2D eigenvalue weighted by molar-refractivity contribution is 8.93. The zero-order chi connectivity index (χ0) is 9.68. The molecule has 1 aromatic rings. The summed E-state index contributed by atoms with van der Waals surface area (Å²) in [5.74, 6) is 0.217. The predicted molar refractivity (Wildman–Crippen MR) is 64.3 cm³/mol. The molecule has 0 heterocycles. The topological polar surface area (TPSA) is 20.3 Å². The number of nitrogens with zero attached hydrogens (tertiary/aromatic N) is 1. The van der Waals surface area contributed by atoms with Crippen LogP contribution in [0.1, 0.15) is 16.8 Å². The van der Waals surface area contributed by atoms with Gasteiger partial charge in [-0.1, -0.05) is 30.3 Å². The van der Waals surface area contributed by atoms with Crippen LogP contribution in [0.4, 0.5) is 0 Å². The minimum Gasteiger partial charge on any atom is -0.309 e. The number of rotatable bonds is 4. The summed E-state index contributed by atoms with van der Waals surface area (Å²) < 4.78 is 0. The Balaban J connectivity index is 0.00000169. The number of ketones is 1. The van der Waals surface area contributed by atoms with Crippen molar-refractivity contribution in [3.8, 4) is 0 Å². The summed E-state index contributed by atoms with van der Waals surface area (Å²) in [7, 11) is 3.94. The van der Waals surface area contributed by atoms with E-state index >= 15 is 0 Å². The lowest BCUT2D eigenvalue weighted by Gasteiger charge is -2.07. The van der Waals surface area contributed by atoms with E-state index in [0.717, 1.165) is 12.1 Å². The lowest BCUT2D eigenvalue weighted by molar-refractivity contribution is 0.0972. The van der Waals surface area contributed by atoms with E-state index in [1.807, 2.05) is 49.3 Å². The highest BCUT2D eigenvalue weighted by Gasteiger charge is 2.04. The maximum Gasteiger partial charge on any atom is 0.164 e. The Morgan fingerprint density at radius 1 is 1.21 bits per heavy atom. The maximum absolute atomic E-state index is 11.5. The summed E-state index contributed by atoms with van der Waals surface area (Å²) in [6.45, 7) is 0.813. The first-order valence-corrected chi connectivity index (χ1v) is 4.43. The zero-order valence-corrected chi connectivity index (χ0v) is 10.3. The number of halogens is 1. The molecule has 0 aliphatic rings. The summed E-state index contributed by atoms with van der Waals surface area (Å²) in [6, 6.07) is 9.42. The van der Waals surface area contributed by atoms with E-state index in [0.29, 0.717) is 6.42 Å². The third-order valence-corrected chi connectivity index (χ3v) is 1.88. The Kier molecular flexibility index (Phi) is 6.41. The first-order chi connectivity index (χ1) is 6.20. The standard InChI is InChI=1S/C11H15NO.BrH/c1-12(2)9-8-11(13)10-6-4-3-5-7-10;/h3-7H,8-9H2,1-2H3;1H. The van der Waals surface area contributed by atoms with Crippen LogP contribution in [-0.2, 0) is 0 Å². The van der Waals surface area contributed by atoms with Gasteiger partial charge in [-0.05, 0) is 14.1 Å². The van der Waals surface area contributed by atoms with Gasteiger partial charge in [0.25, 0.3) is 0 Å². The number of Topliss-reactive ketones (excluding diaryl/α,β-unsaturated/α-hetero) is 1. The van der Waals surface area contributed by atoms with Crippen molar-refractivity contribution in [3.63, 3.8) is 0 Å². The predicted octanol–water partition coefficient (Wildman–Crippen LogP) is 2.40. The minimum absolute atomic E-state index is 0. The maximum atomic E-state index is 11.5. The van der Waals surface area contributed by atoms with Gasteiger partial charge in [-0.2, -0.15) is 0 Å². The van der Waals surface area contributed by atoms with Crippen molar-refractivity contribution in [3.05, 3.63) is 35.9 Å². The molecule has 0 aromatic heterocycles. The van der Waals surface area contributed by atoms with Crippen LogP contribution in [-0.4, -0.2) is 31.3 Å². The van der Waals surface area contributed by atoms with Crippen molar-refractivity contribution in [1.82, 2.24) is 4.90 Å². The number of carbonyl (C=O) groups excluding carboxylic acids is 1. The van der Waals surface area contributed by atoms with Crippen LogP contribution in [0.3, 0.4) is 0 Å². The smallest absolute Gasteiger partial charge is 0.164 e. The van der Waals surface area contributed by atoms with Gasteiger partial charge >= 0.3 is 0 Å². The average molecular weight is 258 g/mol. The molecular weight excluding hydrogens is 242 g/mol. The molecule has 1 aromatic carbocycles. The molecule has 0 spiro atoms. The number of hydrogen-bond acceptors (Lipinski definition) is 2. The van der Waals surface area contributed by atoms with Crippen molar-refractivity contribution in [1.29, 1.82) is 0 Å². The summed E-state index contributed by atoms with van der Waals surface area (Å²) in [6.07, 6.45) is 0.594. The molecule has 0 radical (unpaired) electrons. The molecule has 14 heavy (non-hydrogen) atoms. The fraction of sp³-hybridized carbons (Fsp3) is 0.364. The molecule has 0 atom stereocenters. The Morgan fingerprint density at radius 2 is 1.79 bits per heavy atom. The Morgan fingerprint density at radius 3 is 2.29 bits per heavy atom. The minimum atomic E-state index is 0. The fourth-order valence-electron chi connectivity index (χ4n) is 1.09. The van der Waals surface area contributed by atoms with E-state index in [4.69, 9.17) is 0 Å². The van der Waals surface area contributed by atoms with E-state index in [9.17, 15) is 4.79 Å². The van der Waals surface area contributed by atoms with Crippen molar-refractivity contribution in [2.75, 3.05) is 20.6 Å². The first-order valence-electron chi connectivity index (χ1n) is 4.43. The van der Waals surface area contributed by atoms with Crippen molar-refractivity contribution >= 4 is 22.8 Å². The van der Waals surface area contributed by atoms with Crippen LogP contribution >= 0.6 is 17.0 Å². The van der Waals surface area contributed by atoms with Gasteiger partial charge in [0, 0.05) is 18.5 Å². The third kappa shape index (κ3) is 4.53. The van der Waals surface area contributed by atoms with Gasteiger partial charge in [0.05, 0.1) is 0 Å². The van der Waals surface area contributed by atoms with E-state index in [2.05, 4.69) is 0 Å². The molecule has 0 saturated heterocycles. The Labute approximate surface area is 95.7 Å². The quantitative estimate of drug-likeness (QED) is 0.773. The van der Waals surface area contributed by atoms with E-state index < -0.39 is 0 Å². The number of benzene rings is 1. The lowest BCUT2D eigenvalue weighted by Crippen LogP contribution is -2.16. The van der Waals surface area contributed by atoms with Crippen LogP contribution in [0.5, 0.6) is 0 Å². The fourth-order valence-corrected chi connectivity index (χ4v) is 1.09. The Hall–Kier alpha value is -0.670. The van der Waals surface area contributed by atoms with E-state index in [1.165, 1.54) is 0 Å². The molecule has 0 bridgehead atoms. The molecule has 3 heteroatoms. The van der Waals surface area contributed by atoms with Crippen LogP contribution in [0.15, 0.2) is 30.3 Å². The SMILES string of the molecule is Br.CN(C)CCC(=O)c1ccccc1. The van der Waals surface area contributed by atoms with Crippen LogP contribution in [0.2, 0.25) is 0 Å². The molecule has 2 nitrogen and oxygen atoms in total. The molecule has 0 saturated carbocycles. The molecule has 0 amide bonds. The van der Waals surface area contributed by atoms with Gasteiger partial charge in [0.2, 0.25) is 0 Å². The monoisotopic (exact) mass is 257 g/mol. The highest BCUT2D eigenvalue weighted by atomic mass is 79.9. The largest absolute Gasteiger partial charge is 0.309 e. The van der Waals surface area contributed by atoms with Gasteiger partial charge < -0.3 is 4.90 Å². The molecule has 78 valence electrons. The second-order valence-corrected chi connectivity index (χ2v) is 3.34. The van der Waals surface area contributed by atoms with Crippen LogP contribution in [0.25, 0.3) is 0 Å².